The monoisotopic (exact) mass is 323 g/mol. The molecule has 2 aliphatic heterocycles. The van der Waals surface area contributed by atoms with E-state index in [1.807, 2.05) is 20.8 Å². The van der Waals surface area contributed by atoms with Gasteiger partial charge < -0.3 is 15.4 Å². The van der Waals surface area contributed by atoms with Gasteiger partial charge in [-0.3, -0.25) is 4.90 Å². The molecule has 4 atom stereocenters. The molecule has 132 valence electrons. The first-order chi connectivity index (χ1) is 10.9. The molecule has 5 heteroatoms. The van der Waals surface area contributed by atoms with Crippen molar-refractivity contribution in [1.29, 1.82) is 0 Å². The topological polar surface area (TPSA) is 53.6 Å². The predicted octanol–water partition coefficient (Wildman–Crippen LogP) is 2.65. The summed E-state index contributed by atoms with van der Waals surface area (Å²) in [6, 6.07) is 2.20. The van der Waals surface area contributed by atoms with Crippen LogP contribution >= 0.6 is 0 Å². The first kappa shape index (κ1) is 17.0. The molecule has 2 heterocycles. The highest BCUT2D eigenvalue weighted by atomic mass is 16.6. The highest BCUT2D eigenvalue weighted by Gasteiger charge is 2.38. The number of rotatable bonds is 3. The Balaban J connectivity index is 1.46. The van der Waals surface area contributed by atoms with Gasteiger partial charge >= 0.3 is 6.09 Å². The molecule has 0 aromatic heterocycles. The van der Waals surface area contributed by atoms with Crippen molar-refractivity contribution in [3.05, 3.63) is 0 Å². The molecule has 1 aliphatic carbocycles. The Kier molecular flexibility index (Phi) is 5.16. The van der Waals surface area contributed by atoms with Gasteiger partial charge in [0.25, 0.3) is 0 Å². The summed E-state index contributed by atoms with van der Waals surface area (Å²) < 4.78 is 5.39. The van der Waals surface area contributed by atoms with Gasteiger partial charge in [0, 0.05) is 30.7 Å². The Hall–Kier alpha value is -0.810. The lowest BCUT2D eigenvalue weighted by Crippen LogP contribution is -2.50. The van der Waals surface area contributed by atoms with Gasteiger partial charge in [-0.15, -0.1) is 0 Å². The quantitative estimate of drug-likeness (QED) is 0.838. The van der Waals surface area contributed by atoms with Gasteiger partial charge in [0.1, 0.15) is 5.60 Å². The van der Waals surface area contributed by atoms with E-state index < -0.39 is 5.60 Å². The van der Waals surface area contributed by atoms with Crippen molar-refractivity contribution < 1.29 is 9.53 Å². The SMILES string of the molecule is CC(C)(C)OC(=O)NC1CCCC(NC2CCN3CCCC23)C1. The van der Waals surface area contributed by atoms with Crippen molar-refractivity contribution in [3.63, 3.8) is 0 Å². The van der Waals surface area contributed by atoms with E-state index in [1.165, 1.54) is 45.2 Å². The second kappa shape index (κ2) is 6.98. The maximum atomic E-state index is 12.0. The summed E-state index contributed by atoms with van der Waals surface area (Å²) in [5.41, 5.74) is -0.424. The molecule has 2 saturated heterocycles. The number of carbonyl (C=O) groups is 1. The highest BCUT2D eigenvalue weighted by Crippen LogP contribution is 2.29. The summed E-state index contributed by atoms with van der Waals surface area (Å²) in [4.78, 5) is 14.6. The van der Waals surface area contributed by atoms with Gasteiger partial charge in [-0.2, -0.15) is 0 Å². The highest BCUT2D eigenvalue weighted by molar-refractivity contribution is 5.68. The Morgan fingerprint density at radius 3 is 2.61 bits per heavy atom. The van der Waals surface area contributed by atoms with Gasteiger partial charge in [-0.05, 0) is 72.3 Å². The van der Waals surface area contributed by atoms with E-state index in [9.17, 15) is 4.79 Å². The van der Waals surface area contributed by atoms with Crippen molar-refractivity contribution in [1.82, 2.24) is 15.5 Å². The summed E-state index contributed by atoms with van der Waals surface area (Å²) in [7, 11) is 0. The van der Waals surface area contributed by atoms with Gasteiger partial charge in [-0.1, -0.05) is 0 Å². The number of nitrogens with one attached hydrogen (secondary N) is 2. The summed E-state index contributed by atoms with van der Waals surface area (Å²) in [6.45, 7) is 8.27. The van der Waals surface area contributed by atoms with Gasteiger partial charge in [-0.25, -0.2) is 4.79 Å². The van der Waals surface area contributed by atoms with Crippen LogP contribution in [0.3, 0.4) is 0 Å². The molecule has 0 spiro atoms. The lowest BCUT2D eigenvalue weighted by Gasteiger charge is -2.34. The van der Waals surface area contributed by atoms with Crippen molar-refractivity contribution in [3.8, 4) is 0 Å². The molecule has 0 bridgehead atoms. The normalized spacial score (nSPS) is 35.1. The maximum absolute atomic E-state index is 12.0. The first-order valence-corrected chi connectivity index (χ1v) is 9.40. The lowest BCUT2D eigenvalue weighted by atomic mass is 9.90. The molecule has 0 aromatic carbocycles. The summed E-state index contributed by atoms with van der Waals surface area (Å²) in [5, 5.41) is 6.97. The predicted molar refractivity (Wildman–Crippen MR) is 91.5 cm³/mol. The molecular formula is C18H33N3O2. The van der Waals surface area contributed by atoms with Crippen LogP contribution in [0.25, 0.3) is 0 Å². The van der Waals surface area contributed by atoms with Gasteiger partial charge in [0.15, 0.2) is 0 Å². The van der Waals surface area contributed by atoms with Gasteiger partial charge in [0.05, 0.1) is 0 Å². The number of carbonyl (C=O) groups excluding carboxylic acids is 1. The van der Waals surface area contributed by atoms with Crippen LogP contribution in [0.5, 0.6) is 0 Å². The van der Waals surface area contributed by atoms with E-state index in [4.69, 9.17) is 4.74 Å². The van der Waals surface area contributed by atoms with Crippen LogP contribution in [0.2, 0.25) is 0 Å². The van der Waals surface area contributed by atoms with Crippen molar-refractivity contribution in [2.24, 2.45) is 0 Å². The van der Waals surface area contributed by atoms with Gasteiger partial charge in [0.2, 0.25) is 0 Å². The standard InChI is InChI=1S/C18H33N3O2/c1-18(2,3)23-17(22)20-14-7-4-6-13(12-14)19-15-9-11-21-10-5-8-16(15)21/h13-16,19H,4-12H2,1-3H3,(H,20,22). The zero-order valence-electron chi connectivity index (χ0n) is 14.9. The summed E-state index contributed by atoms with van der Waals surface area (Å²) >= 11 is 0. The Morgan fingerprint density at radius 1 is 1.04 bits per heavy atom. The summed E-state index contributed by atoms with van der Waals surface area (Å²) in [5.74, 6) is 0. The van der Waals surface area contributed by atoms with Crippen molar-refractivity contribution >= 4 is 6.09 Å². The minimum Gasteiger partial charge on any atom is -0.444 e. The molecule has 1 amide bonds. The van der Waals surface area contributed by atoms with E-state index in [-0.39, 0.29) is 12.1 Å². The Morgan fingerprint density at radius 2 is 1.83 bits per heavy atom. The third kappa shape index (κ3) is 4.60. The van der Waals surface area contributed by atoms with Crippen LogP contribution in [0.1, 0.15) is 65.7 Å². The number of amides is 1. The molecule has 3 rings (SSSR count). The van der Waals surface area contributed by atoms with E-state index in [0.29, 0.717) is 12.1 Å². The number of alkyl carbamates (subject to hydrolysis) is 1. The second-order valence-corrected chi connectivity index (χ2v) is 8.51. The number of fused-ring (bicyclic) bond motifs is 1. The van der Waals surface area contributed by atoms with Crippen molar-refractivity contribution in [2.45, 2.75) is 95.5 Å². The van der Waals surface area contributed by atoms with E-state index in [2.05, 4.69) is 15.5 Å². The number of nitrogens with zero attached hydrogens (tertiary/aromatic N) is 1. The third-order valence-electron chi connectivity index (χ3n) is 5.45. The average molecular weight is 323 g/mol. The summed E-state index contributed by atoms with van der Waals surface area (Å²) in [6.07, 6.45) is 8.23. The van der Waals surface area contributed by atoms with Crippen LogP contribution in [0, 0.1) is 0 Å². The molecule has 5 nitrogen and oxygen atoms in total. The number of ether oxygens (including phenoxy) is 1. The minimum atomic E-state index is -0.424. The second-order valence-electron chi connectivity index (χ2n) is 8.51. The molecule has 0 aromatic rings. The largest absolute Gasteiger partial charge is 0.444 e. The first-order valence-electron chi connectivity index (χ1n) is 9.40. The van der Waals surface area contributed by atoms with Crippen LogP contribution in [0.15, 0.2) is 0 Å². The van der Waals surface area contributed by atoms with Crippen LogP contribution < -0.4 is 10.6 Å². The Labute approximate surface area is 140 Å². The lowest BCUT2D eigenvalue weighted by molar-refractivity contribution is 0.0487. The van der Waals surface area contributed by atoms with Crippen LogP contribution in [-0.4, -0.2) is 53.9 Å². The molecule has 23 heavy (non-hydrogen) atoms. The fourth-order valence-corrected chi connectivity index (χ4v) is 4.53. The van der Waals surface area contributed by atoms with E-state index in [1.54, 1.807) is 0 Å². The zero-order chi connectivity index (χ0) is 16.4. The third-order valence-corrected chi connectivity index (χ3v) is 5.45. The fourth-order valence-electron chi connectivity index (χ4n) is 4.53. The van der Waals surface area contributed by atoms with Crippen molar-refractivity contribution in [2.75, 3.05) is 13.1 Å². The zero-order valence-corrected chi connectivity index (χ0v) is 14.9. The average Bonchev–Trinajstić information content (AvgIpc) is 3.02. The molecule has 2 N–H and O–H groups in total. The molecule has 4 unspecified atom stereocenters. The Bertz CT molecular complexity index is 421. The fraction of sp³-hybridized carbons (Fsp3) is 0.944. The molecule has 0 radical (unpaired) electrons. The number of hydrogen-bond acceptors (Lipinski definition) is 4. The molecule has 1 saturated carbocycles. The smallest absolute Gasteiger partial charge is 0.407 e. The molecule has 3 fully saturated rings. The van der Waals surface area contributed by atoms with Crippen LogP contribution in [-0.2, 0) is 4.74 Å². The van der Waals surface area contributed by atoms with E-state index >= 15 is 0 Å². The molecular weight excluding hydrogens is 290 g/mol. The van der Waals surface area contributed by atoms with Crippen LogP contribution in [0.4, 0.5) is 4.79 Å². The maximum Gasteiger partial charge on any atom is 0.407 e. The molecule has 3 aliphatic rings. The van der Waals surface area contributed by atoms with E-state index in [0.717, 1.165) is 18.9 Å². The minimum absolute atomic E-state index is 0.247. The number of hydrogen-bond donors (Lipinski definition) is 2.